The molecule has 0 bridgehead atoms. The molecule has 0 aliphatic rings. The standard InChI is InChI=1S/C20H20FN3O3/c1-20(2,3)23-19(27)18(26)14-9-16(24(4)11-14)17(25)8-12-5-6-15(21)13(7-12)10-22/h5-7,9,11H,8H2,1-4H3,(H,23,27). The van der Waals surface area contributed by atoms with Gasteiger partial charge in [0.15, 0.2) is 5.78 Å². The average Bonchev–Trinajstić information content (AvgIpc) is 2.96. The highest BCUT2D eigenvalue weighted by molar-refractivity contribution is 6.43. The van der Waals surface area contributed by atoms with Crippen molar-refractivity contribution in [1.29, 1.82) is 5.26 Å². The van der Waals surface area contributed by atoms with Crippen molar-refractivity contribution in [2.45, 2.75) is 32.7 Å². The second-order valence-electron chi connectivity index (χ2n) is 7.28. The lowest BCUT2D eigenvalue weighted by Crippen LogP contribution is -2.44. The van der Waals surface area contributed by atoms with Crippen LogP contribution in [0.2, 0.25) is 0 Å². The van der Waals surface area contributed by atoms with E-state index in [1.165, 1.54) is 29.0 Å². The molecule has 140 valence electrons. The van der Waals surface area contributed by atoms with E-state index >= 15 is 0 Å². The number of Topliss-reactive ketones (excluding diaryl/α,β-unsaturated/α-hetero) is 2. The average molecular weight is 369 g/mol. The van der Waals surface area contributed by atoms with Crippen LogP contribution in [-0.4, -0.2) is 27.6 Å². The van der Waals surface area contributed by atoms with Gasteiger partial charge < -0.3 is 9.88 Å². The molecule has 0 radical (unpaired) electrons. The van der Waals surface area contributed by atoms with Crippen LogP contribution < -0.4 is 5.32 Å². The molecule has 0 aliphatic heterocycles. The number of hydrogen-bond donors (Lipinski definition) is 1. The maximum absolute atomic E-state index is 13.4. The van der Waals surface area contributed by atoms with E-state index in [2.05, 4.69) is 5.32 Å². The maximum atomic E-state index is 13.4. The summed E-state index contributed by atoms with van der Waals surface area (Å²) in [6.45, 7) is 5.28. The van der Waals surface area contributed by atoms with Crippen LogP contribution in [0.25, 0.3) is 0 Å². The zero-order valence-electron chi connectivity index (χ0n) is 15.6. The number of nitrogens with zero attached hydrogens (tertiary/aromatic N) is 2. The molecule has 0 fully saturated rings. The fraction of sp³-hybridized carbons (Fsp3) is 0.300. The third-order valence-electron chi connectivity index (χ3n) is 3.76. The monoisotopic (exact) mass is 369 g/mol. The van der Waals surface area contributed by atoms with Gasteiger partial charge in [-0.3, -0.25) is 14.4 Å². The summed E-state index contributed by atoms with van der Waals surface area (Å²) in [7, 11) is 1.59. The predicted molar refractivity (Wildman–Crippen MR) is 96.8 cm³/mol. The molecule has 1 heterocycles. The van der Waals surface area contributed by atoms with E-state index in [-0.39, 0.29) is 29.0 Å². The minimum Gasteiger partial charge on any atom is -0.347 e. The molecular weight excluding hydrogens is 349 g/mol. The lowest BCUT2D eigenvalue weighted by atomic mass is 10.0. The van der Waals surface area contributed by atoms with Crippen molar-refractivity contribution >= 4 is 17.5 Å². The summed E-state index contributed by atoms with van der Waals surface area (Å²) in [5.41, 5.74) is 0.143. The maximum Gasteiger partial charge on any atom is 0.292 e. The van der Waals surface area contributed by atoms with E-state index in [9.17, 15) is 18.8 Å². The molecular formula is C20H20FN3O3. The van der Waals surface area contributed by atoms with Crippen molar-refractivity contribution in [1.82, 2.24) is 9.88 Å². The number of rotatable bonds is 5. The van der Waals surface area contributed by atoms with Gasteiger partial charge in [-0.05, 0) is 44.5 Å². The number of nitriles is 1. The number of carbonyl (C=O) groups excluding carboxylic acids is 3. The quantitative estimate of drug-likeness (QED) is 0.648. The minimum atomic E-state index is -0.746. The number of nitrogens with one attached hydrogen (secondary N) is 1. The molecule has 27 heavy (non-hydrogen) atoms. The smallest absolute Gasteiger partial charge is 0.292 e. The molecule has 2 rings (SSSR count). The highest BCUT2D eigenvalue weighted by atomic mass is 19.1. The number of carbonyl (C=O) groups is 3. The van der Waals surface area contributed by atoms with Crippen LogP contribution >= 0.6 is 0 Å². The van der Waals surface area contributed by atoms with E-state index in [0.29, 0.717) is 5.56 Å². The lowest BCUT2D eigenvalue weighted by molar-refractivity contribution is -0.118. The lowest BCUT2D eigenvalue weighted by Gasteiger charge is -2.19. The van der Waals surface area contributed by atoms with Gasteiger partial charge in [0.25, 0.3) is 11.7 Å². The summed E-state index contributed by atoms with van der Waals surface area (Å²) in [6, 6.07) is 6.98. The number of benzene rings is 1. The predicted octanol–water partition coefficient (Wildman–Crippen LogP) is 2.56. The summed E-state index contributed by atoms with van der Waals surface area (Å²) in [4.78, 5) is 36.8. The van der Waals surface area contributed by atoms with Crippen molar-refractivity contribution < 1.29 is 18.8 Å². The topological polar surface area (TPSA) is 92.0 Å². The summed E-state index contributed by atoms with van der Waals surface area (Å²) in [6.07, 6.45) is 1.36. The van der Waals surface area contributed by atoms with Gasteiger partial charge in [0.2, 0.25) is 0 Å². The third-order valence-corrected chi connectivity index (χ3v) is 3.76. The van der Waals surface area contributed by atoms with Crippen LogP contribution in [-0.2, 0) is 18.3 Å². The Morgan fingerprint density at radius 2 is 1.89 bits per heavy atom. The van der Waals surface area contributed by atoms with Crippen molar-refractivity contribution in [2.75, 3.05) is 0 Å². The van der Waals surface area contributed by atoms with Gasteiger partial charge in [0.1, 0.15) is 11.9 Å². The number of aromatic nitrogens is 1. The van der Waals surface area contributed by atoms with Crippen molar-refractivity contribution in [3.8, 4) is 6.07 Å². The molecule has 0 saturated heterocycles. The van der Waals surface area contributed by atoms with Crippen LogP contribution in [0.1, 0.15) is 52.7 Å². The molecule has 1 aromatic heterocycles. The van der Waals surface area contributed by atoms with Crippen LogP contribution in [0, 0.1) is 17.1 Å². The molecule has 0 atom stereocenters. The SMILES string of the molecule is Cn1cc(C(=O)C(=O)NC(C)(C)C)cc1C(=O)Cc1ccc(F)c(C#N)c1. The molecule has 1 amide bonds. The van der Waals surface area contributed by atoms with Gasteiger partial charge in [-0.15, -0.1) is 0 Å². The normalized spacial score (nSPS) is 11.0. The molecule has 1 N–H and O–H groups in total. The van der Waals surface area contributed by atoms with Crippen LogP contribution in [0.5, 0.6) is 0 Å². The molecule has 0 saturated carbocycles. The molecule has 6 nitrogen and oxygen atoms in total. The Morgan fingerprint density at radius 3 is 2.48 bits per heavy atom. The Kier molecular flexibility index (Phi) is 5.60. The van der Waals surface area contributed by atoms with Gasteiger partial charge in [-0.25, -0.2) is 4.39 Å². The second kappa shape index (κ2) is 7.54. The Balaban J connectivity index is 2.20. The van der Waals surface area contributed by atoms with Crippen LogP contribution in [0.15, 0.2) is 30.5 Å². The first-order valence-corrected chi connectivity index (χ1v) is 8.27. The van der Waals surface area contributed by atoms with Crippen molar-refractivity contribution in [3.05, 3.63) is 58.7 Å². The highest BCUT2D eigenvalue weighted by Gasteiger charge is 2.24. The number of halogens is 1. The van der Waals surface area contributed by atoms with E-state index in [1.807, 2.05) is 0 Å². The number of ketones is 2. The first-order valence-electron chi connectivity index (χ1n) is 8.27. The van der Waals surface area contributed by atoms with Gasteiger partial charge in [0.05, 0.1) is 11.3 Å². The van der Waals surface area contributed by atoms with Gasteiger partial charge >= 0.3 is 0 Å². The highest BCUT2D eigenvalue weighted by Crippen LogP contribution is 2.15. The Hall–Kier alpha value is -3.27. The molecule has 0 aliphatic carbocycles. The number of aryl methyl sites for hydroxylation is 1. The molecule has 2 aromatic rings. The van der Waals surface area contributed by atoms with E-state index in [0.717, 1.165) is 6.07 Å². The second-order valence-corrected chi connectivity index (χ2v) is 7.28. The Labute approximate surface area is 156 Å². The van der Waals surface area contributed by atoms with Crippen LogP contribution in [0.3, 0.4) is 0 Å². The van der Waals surface area contributed by atoms with E-state index < -0.39 is 23.0 Å². The summed E-state index contributed by atoms with van der Waals surface area (Å²) in [5.74, 6) is -2.44. The van der Waals surface area contributed by atoms with Crippen LogP contribution in [0.4, 0.5) is 4.39 Å². The zero-order chi connectivity index (χ0) is 20.4. The number of amides is 1. The number of hydrogen-bond acceptors (Lipinski definition) is 4. The molecule has 0 unspecified atom stereocenters. The summed E-state index contributed by atoms with van der Waals surface area (Å²) < 4.78 is 14.9. The Bertz CT molecular complexity index is 962. The van der Waals surface area contributed by atoms with Crippen molar-refractivity contribution in [2.24, 2.45) is 7.05 Å². The van der Waals surface area contributed by atoms with Crippen molar-refractivity contribution in [3.63, 3.8) is 0 Å². The largest absolute Gasteiger partial charge is 0.347 e. The third kappa shape index (κ3) is 4.88. The van der Waals surface area contributed by atoms with E-state index in [4.69, 9.17) is 5.26 Å². The first-order chi connectivity index (χ1) is 12.5. The van der Waals surface area contributed by atoms with Gasteiger partial charge in [-0.2, -0.15) is 5.26 Å². The summed E-state index contributed by atoms with van der Waals surface area (Å²) in [5, 5.41) is 11.5. The molecule has 1 aromatic carbocycles. The fourth-order valence-electron chi connectivity index (χ4n) is 2.54. The summed E-state index contributed by atoms with van der Waals surface area (Å²) >= 11 is 0. The first kappa shape index (κ1) is 20.0. The zero-order valence-corrected chi connectivity index (χ0v) is 15.6. The molecule has 7 heteroatoms. The van der Waals surface area contributed by atoms with E-state index in [1.54, 1.807) is 33.9 Å². The van der Waals surface area contributed by atoms with Gasteiger partial charge in [0, 0.05) is 30.8 Å². The van der Waals surface area contributed by atoms with Gasteiger partial charge in [-0.1, -0.05) is 6.07 Å². The Morgan fingerprint density at radius 1 is 1.22 bits per heavy atom. The molecule has 0 spiro atoms. The minimum absolute atomic E-state index is 0.0609. The fourth-order valence-corrected chi connectivity index (χ4v) is 2.54.